The molecule has 0 saturated carbocycles. The van der Waals surface area contributed by atoms with Crippen LogP contribution in [0.15, 0.2) is 33.3 Å². The van der Waals surface area contributed by atoms with E-state index in [0.29, 0.717) is 24.9 Å². The molecule has 2 heterocycles. The van der Waals surface area contributed by atoms with E-state index in [1.54, 1.807) is 0 Å². The van der Waals surface area contributed by atoms with E-state index in [4.69, 9.17) is 9.26 Å². The maximum Gasteiger partial charge on any atom is 0.234 e. The standard InChI is InChI=1S/C15H18BrN3O2/c1-2-6-17-13-9-20-8-12(13)15-18-14(19-21-15)10-4-3-5-11(16)7-10/h3-5,7,12-13,17H,2,6,8-9H2,1H3. The van der Waals surface area contributed by atoms with Crippen LogP contribution in [0.1, 0.15) is 25.2 Å². The first kappa shape index (κ1) is 14.7. The van der Waals surface area contributed by atoms with Gasteiger partial charge in [0.1, 0.15) is 0 Å². The summed E-state index contributed by atoms with van der Waals surface area (Å²) in [6.45, 7) is 4.44. The smallest absolute Gasteiger partial charge is 0.234 e. The highest BCUT2D eigenvalue weighted by Crippen LogP contribution is 2.27. The highest BCUT2D eigenvalue weighted by atomic mass is 79.9. The monoisotopic (exact) mass is 351 g/mol. The lowest BCUT2D eigenvalue weighted by molar-refractivity contribution is 0.184. The lowest BCUT2D eigenvalue weighted by Crippen LogP contribution is -2.34. The van der Waals surface area contributed by atoms with Gasteiger partial charge >= 0.3 is 0 Å². The van der Waals surface area contributed by atoms with Gasteiger partial charge in [-0.2, -0.15) is 4.98 Å². The Labute approximate surface area is 132 Å². The summed E-state index contributed by atoms with van der Waals surface area (Å²) in [7, 11) is 0. The van der Waals surface area contributed by atoms with E-state index in [1.165, 1.54) is 0 Å². The van der Waals surface area contributed by atoms with Crippen LogP contribution < -0.4 is 5.32 Å². The lowest BCUT2D eigenvalue weighted by atomic mass is 10.0. The highest BCUT2D eigenvalue weighted by molar-refractivity contribution is 9.10. The molecule has 2 atom stereocenters. The number of nitrogens with one attached hydrogen (secondary N) is 1. The third kappa shape index (κ3) is 3.33. The molecule has 1 fully saturated rings. The Morgan fingerprint density at radius 3 is 3.10 bits per heavy atom. The van der Waals surface area contributed by atoms with Crippen LogP contribution in [0.5, 0.6) is 0 Å². The Balaban J connectivity index is 1.78. The number of hydrogen-bond donors (Lipinski definition) is 1. The normalized spacial score (nSPS) is 21.8. The molecule has 1 N–H and O–H groups in total. The van der Waals surface area contributed by atoms with Gasteiger partial charge in [0, 0.05) is 16.1 Å². The minimum atomic E-state index is 0.130. The summed E-state index contributed by atoms with van der Waals surface area (Å²) in [6.07, 6.45) is 1.09. The fourth-order valence-corrected chi connectivity index (χ4v) is 2.86. The molecule has 1 aliphatic heterocycles. The summed E-state index contributed by atoms with van der Waals surface area (Å²) < 4.78 is 12.0. The summed E-state index contributed by atoms with van der Waals surface area (Å²) >= 11 is 3.45. The van der Waals surface area contributed by atoms with Crippen LogP contribution in [0.3, 0.4) is 0 Å². The van der Waals surface area contributed by atoms with Gasteiger partial charge in [-0.05, 0) is 25.1 Å². The van der Waals surface area contributed by atoms with Gasteiger partial charge in [-0.3, -0.25) is 0 Å². The van der Waals surface area contributed by atoms with E-state index in [0.717, 1.165) is 23.0 Å². The Kier molecular flexibility index (Phi) is 4.67. The van der Waals surface area contributed by atoms with E-state index in [2.05, 4.69) is 38.3 Å². The number of halogens is 1. The Morgan fingerprint density at radius 1 is 1.38 bits per heavy atom. The van der Waals surface area contributed by atoms with Crippen molar-refractivity contribution in [3.05, 3.63) is 34.6 Å². The Hall–Kier alpha value is -1.24. The molecule has 2 aromatic rings. The first-order valence-electron chi connectivity index (χ1n) is 7.18. The molecular formula is C15H18BrN3O2. The highest BCUT2D eigenvalue weighted by Gasteiger charge is 2.33. The number of aromatic nitrogens is 2. The molecule has 3 rings (SSSR count). The molecule has 5 nitrogen and oxygen atoms in total. The van der Waals surface area contributed by atoms with Crippen LogP contribution in [0.25, 0.3) is 11.4 Å². The van der Waals surface area contributed by atoms with Gasteiger partial charge in [0.25, 0.3) is 0 Å². The topological polar surface area (TPSA) is 60.2 Å². The number of rotatable bonds is 5. The van der Waals surface area contributed by atoms with Crippen molar-refractivity contribution in [1.29, 1.82) is 0 Å². The van der Waals surface area contributed by atoms with Gasteiger partial charge in [0.2, 0.25) is 11.7 Å². The molecular weight excluding hydrogens is 334 g/mol. The average molecular weight is 352 g/mol. The van der Waals surface area contributed by atoms with Crippen LogP contribution in [0.4, 0.5) is 0 Å². The molecule has 112 valence electrons. The van der Waals surface area contributed by atoms with E-state index < -0.39 is 0 Å². The van der Waals surface area contributed by atoms with Crippen molar-refractivity contribution >= 4 is 15.9 Å². The predicted octanol–water partition coefficient (Wildman–Crippen LogP) is 2.98. The van der Waals surface area contributed by atoms with Crippen molar-refractivity contribution in [2.75, 3.05) is 19.8 Å². The summed E-state index contributed by atoms with van der Waals surface area (Å²) in [5.74, 6) is 1.40. The second-order valence-corrected chi connectivity index (χ2v) is 6.09. The summed E-state index contributed by atoms with van der Waals surface area (Å²) in [5, 5.41) is 7.57. The van der Waals surface area contributed by atoms with Gasteiger partial charge in [-0.1, -0.05) is 40.1 Å². The molecule has 0 aliphatic carbocycles. The summed E-state index contributed by atoms with van der Waals surface area (Å²) in [6, 6.07) is 8.13. The largest absolute Gasteiger partial charge is 0.379 e. The number of hydrogen-bond acceptors (Lipinski definition) is 5. The third-order valence-electron chi connectivity index (χ3n) is 3.58. The summed E-state index contributed by atoms with van der Waals surface area (Å²) in [5.41, 5.74) is 0.941. The van der Waals surface area contributed by atoms with Crippen LogP contribution in [-0.4, -0.2) is 35.9 Å². The fraction of sp³-hybridized carbons (Fsp3) is 0.467. The molecule has 1 aromatic carbocycles. The predicted molar refractivity (Wildman–Crippen MR) is 83.1 cm³/mol. The van der Waals surface area contributed by atoms with E-state index in [-0.39, 0.29) is 12.0 Å². The zero-order chi connectivity index (χ0) is 14.7. The molecule has 0 amide bonds. The van der Waals surface area contributed by atoms with Gasteiger partial charge in [0.15, 0.2) is 0 Å². The molecule has 0 bridgehead atoms. The average Bonchev–Trinajstić information content (AvgIpc) is 3.13. The number of benzene rings is 1. The van der Waals surface area contributed by atoms with Crippen molar-refractivity contribution in [2.24, 2.45) is 0 Å². The van der Waals surface area contributed by atoms with E-state index >= 15 is 0 Å². The molecule has 21 heavy (non-hydrogen) atoms. The Bertz CT molecular complexity index is 602. The fourth-order valence-electron chi connectivity index (χ4n) is 2.46. The van der Waals surface area contributed by atoms with Gasteiger partial charge in [0.05, 0.1) is 19.1 Å². The second-order valence-electron chi connectivity index (χ2n) is 5.17. The Morgan fingerprint density at radius 2 is 2.29 bits per heavy atom. The zero-order valence-corrected chi connectivity index (χ0v) is 13.5. The molecule has 1 aliphatic rings. The van der Waals surface area contributed by atoms with Crippen LogP contribution in [-0.2, 0) is 4.74 Å². The van der Waals surface area contributed by atoms with Crippen LogP contribution >= 0.6 is 15.9 Å². The van der Waals surface area contributed by atoms with Crippen LogP contribution in [0.2, 0.25) is 0 Å². The minimum Gasteiger partial charge on any atom is -0.379 e. The molecule has 1 aromatic heterocycles. The number of nitrogens with zero attached hydrogens (tertiary/aromatic N) is 2. The molecule has 1 saturated heterocycles. The minimum absolute atomic E-state index is 0.130. The van der Waals surface area contributed by atoms with Crippen molar-refractivity contribution in [3.63, 3.8) is 0 Å². The van der Waals surface area contributed by atoms with Crippen molar-refractivity contribution in [3.8, 4) is 11.4 Å². The van der Waals surface area contributed by atoms with E-state index in [1.807, 2.05) is 24.3 Å². The first-order chi connectivity index (χ1) is 10.3. The van der Waals surface area contributed by atoms with Crippen molar-refractivity contribution in [2.45, 2.75) is 25.3 Å². The van der Waals surface area contributed by atoms with Crippen molar-refractivity contribution < 1.29 is 9.26 Å². The van der Waals surface area contributed by atoms with Gasteiger partial charge in [-0.15, -0.1) is 0 Å². The third-order valence-corrected chi connectivity index (χ3v) is 4.07. The van der Waals surface area contributed by atoms with Gasteiger partial charge in [-0.25, -0.2) is 0 Å². The maximum atomic E-state index is 5.56. The first-order valence-corrected chi connectivity index (χ1v) is 7.98. The molecule has 6 heteroatoms. The number of ether oxygens (including phenoxy) is 1. The molecule has 0 spiro atoms. The zero-order valence-electron chi connectivity index (χ0n) is 11.9. The second kappa shape index (κ2) is 6.68. The maximum absolute atomic E-state index is 5.56. The summed E-state index contributed by atoms with van der Waals surface area (Å²) in [4.78, 5) is 4.54. The lowest BCUT2D eigenvalue weighted by Gasteiger charge is -2.14. The van der Waals surface area contributed by atoms with E-state index in [9.17, 15) is 0 Å². The quantitative estimate of drug-likeness (QED) is 0.897. The SMILES string of the molecule is CCCNC1COCC1c1nc(-c2cccc(Br)c2)no1. The van der Waals surface area contributed by atoms with Crippen molar-refractivity contribution in [1.82, 2.24) is 15.5 Å². The van der Waals surface area contributed by atoms with Gasteiger partial charge < -0.3 is 14.6 Å². The molecule has 0 radical (unpaired) electrons. The van der Waals surface area contributed by atoms with Crippen LogP contribution in [0, 0.1) is 0 Å². The molecule has 2 unspecified atom stereocenters.